The van der Waals surface area contributed by atoms with Gasteiger partial charge < -0.3 is 35.2 Å². The topological polar surface area (TPSA) is 125 Å². The maximum Gasteiger partial charge on any atom is 0.245 e. The van der Waals surface area contributed by atoms with Crippen molar-refractivity contribution in [1.82, 2.24) is 30.7 Å². The van der Waals surface area contributed by atoms with Gasteiger partial charge in [0.2, 0.25) is 17.7 Å². The minimum atomic E-state index is -0.849. The number of carbonyl (C=O) groups excluding carboxylic acids is 3. The van der Waals surface area contributed by atoms with Crippen molar-refractivity contribution in [1.29, 1.82) is 0 Å². The number of rotatable bonds is 20. The second-order valence-corrected chi connectivity index (χ2v) is 16.6. The average molecular weight is 773 g/mol. The summed E-state index contributed by atoms with van der Waals surface area (Å²) >= 11 is 7.63. The van der Waals surface area contributed by atoms with Gasteiger partial charge in [0, 0.05) is 45.3 Å². The van der Waals surface area contributed by atoms with E-state index in [2.05, 4.69) is 53.8 Å². The van der Waals surface area contributed by atoms with E-state index in [1.165, 1.54) is 5.56 Å². The number of methoxy groups -OCH3 is 2. The summed E-state index contributed by atoms with van der Waals surface area (Å²) in [6.45, 7) is 14.2. The van der Waals surface area contributed by atoms with Crippen LogP contribution in [0.2, 0.25) is 0 Å². The smallest absolute Gasteiger partial charge is 0.245 e. The van der Waals surface area contributed by atoms with Crippen LogP contribution >= 0.6 is 23.6 Å². The highest BCUT2D eigenvalue weighted by atomic mass is 32.1. The first-order valence-corrected chi connectivity index (χ1v) is 20.3. The van der Waals surface area contributed by atoms with Gasteiger partial charge in [0.15, 0.2) is 0 Å². The summed E-state index contributed by atoms with van der Waals surface area (Å²) in [4.78, 5) is 50.4. The number of nitrogens with one attached hydrogen (secondary N) is 3. The minimum absolute atomic E-state index is 0.0187. The number of nitrogens with zero attached hydrogens (tertiary/aromatic N) is 3. The lowest BCUT2D eigenvalue weighted by Gasteiger charge is -2.41. The van der Waals surface area contributed by atoms with Gasteiger partial charge in [0.1, 0.15) is 11.0 Å². The summed E-state index contributed by atoms with van der Waals surface area (Å²) < 4.78 is 12.2. The van der Waals surface area contributed by atoms with Crippen molar-refractivity contribution in [3.8, 4) is 0 Å². The largest absolute Gasteiger partial charge is 0.379 e. The molecule has 3 rings (SSSR count). The minimum Gasteiger partial charge on any atom is -0.379 e. The number of hydrogen-bond acceptors (Lipinski definition) is 9. The van der Waals surface area contributed by atoms with E-state index in [-0.39, 0.29) is 60.1 Å². The molecule has 0 radical (unpaired) electrons. The van der Waals surface area contributed by atoms with Crippen molar-refractivity contribution >= 4 is 46.3 Å². The van der Waals surface area contributed by atoms with E-state index in [1.54, 1.807) is 58.4 Å². The number of aromatic nitrogens is 1. The van der Waals surface area contributed by atoms with Crippen molar-refractivity contribution < 1.29 is 23.9 Å². The Kier molecular flexibility index (Phi) is 17.3. The molecule has 0 bridgehead atoms. The summed E-state index contributed by atoms with van der Waals surface area (Å²) in [5.74, 6) is -0.836. The van der Waals surface area contributed by atoms with E-state index in [0.717, 1.165) is 30.7 Å². The summed E-state index contributed by atoms with van der Waals surface area (Å²) in [5, 5.41) is 12.5. The van der Waals surface area contributed by atoms with Crippen LogP contribution in [0.5, 0.6) is 0 Å². The molecule has 8 atom stereocenters. The van der Waals surface area contributed by atoms with E-state index >= 15 is 0 Å². The van der Waals surface area contributed by atoms with Crippen LogP contribution in [-0.4, -0.2) is 108 Å². The van der Waals surface area contributed by atoms with Crippen LogP contribution in [0.3, 0.4) is 0 Å². The van der Waals surface area contributed by atoms with Gasteiger partial charge in [-0.3, -0.25) is 14.4 Å². The molecule has 1 aliphatic heterocycles. The Bertz CT molecular complexity index is 1460. The number of ether oxygens (including phenoxy) is 2. The highest BCUT2D eigenvalue weighted by Crippen LogP contribution is 2.31. The highest BCUT2D eigenvalue weighted by Gasteiger charge is 2.43. The van der Waals surface area contributed by atoms with Crippen LogP contribution in [0.25, 0.3) is 0 Å². The number of hydrogen-bond donors (Lipinski definition) is 3. The van der Waals surface area contributed by atoms with E-state index in [9.17, 15) is 14.4 Å². The van der Waals surface area contributed by atoms with Gasteiger partial charge in [-0.2, -0.15) is 0 Å². The van der Waals surface area contributed by atoms with E-state index < -0.39 is 23.7 Å². The molecule has 2 aromatic rings. The van der Waals surface area contributed by atoms with Gasteiger partial charge in [-0.05, 0) is 57.6 Å². The lowest BCUT2D eigenvalue weighted by atomic mass is 9.89. The molecular weight excluding hydrogens is 709 g/mol. The third kappa shape index (κ3) is 11.5. The monoisotopic (exact) mass is 772 g/mol. The number of likely N-dealkylation sites (tertiary alicyclic amines) is 1. The molecule has 1 aromatic carbocycles. The molecule has 0 saturated carbocycles. The van der Waals surface area contributed by atoms with Crippen LogP contribution in [0.4, 0.5) is 0 Å². The van der Waals surface area contributed by atoms with Crippen LogP contribution in [-0.2, 0) is 30.3 Å². The standard InChI is InChI=1S/C40H64N6O5S2/c1-12-26(4)34(45(9)38(48)33(25(2)3)44-39(49)40(6,7)41-8)31(50-10)24-32(47)46-21-16-19-30(46)35(51-11)27(5)36(52)43-29(37-42-20-22-53-37)23-28-17-14-13-15-18-28/h13-15,17-18,20,22,25-27,29-31,33-35,41H,12,16,19,21,23-24H2,1-11H3,(H,43,52)(H,44,49)/t26?,27?,29?,30-,31?,33?,34?,35?/m0/s1. The van der Waals surface area contributed by atoms with Gasteiger partial charge in [-0.25, -0.2) is 4.98 Å². The Morgan fingerprint density at radius 2 is 1.77 bits per heavy atom. The van der Waals surface area contributed by atoms with Gasteiger partial charge in [-0.1, -0.05) is 83.6 Å². The molecule has 0 spiro atoms. The van der Waals surface area contributed by atoms with Gasteiger partial charge in [-0.15, -0.1) is 11.3 Å². The molecule has 3 N–H and O–H groups in total. The lowest BCUT2D eigenvalue weighted by Crippen LogP contribution is -2.61. The van der Waals surface area contributed by atoms with Crippen LogP contribution < -0.4 is 16.0 Å². The highest BCUT2D eigenvalue weighted by molar-refractivity contribution is 7.80. The lowest BCUT2D eigenvalue weighted by molar-refractivity contribution is -0.147. The van der Waals surface area contributed by atoms with Gasteiger partial charge in [0.05, 0.1) is 47.3 Å². The third-order valence-corrected chi connectivity index (χ3v) is 12.4. The zero-order valence-electron chi connectivity index (χ0n) is 33.7. The fraction of sp³-hybridized carbons (Fsp3) is 0.675. The van der Waals surface area contributed by atoms with Gasteiger partial charge in [0.25, 0.3) is 0 Å². The van der Waals surface area contributed by atoms with Crippen LogP contribution in [0.15, 0.2) is 41.9 Å². The van der Waals surface area contributed by atoms with E-state index in [4.69, 9.17) is 21.7 Å². The zero-order chi connectivity index (χ0) is 39.5. The number of amides is 3. The molecule has 296 valence electrons. The van der Waals surface area contributed by atoms with Crippen LogP contribution in [0, 0.1) is 17.8 Å². The molecule has 3 amide bonds. The second kappa shape index (κ2) is 20.6. The van der Waals surface area contributed by atoms with E-state index in [1.807, 2.05) is 48.5 Å². The fourth-order valence-corrected chi connectivity index (χ4v) is 8.20. The molecule has 13 heteroatoms. The first-order valence-electron chi connectivity index (χ1n) is 19.0. The van der Waals surface area contributed by atoms with Crippen molar-refractivity contribution in [2.45, 2.75) is 122 Å². The van der Waals surface area contributed by atoms with Crippen molar-refractivity contribution in [3.63, 3.8) is 0 Å². The Morgan fingerprint density at radius 3 is 2.32 bits per heavy atom. The molecule has 0 aliphatic carbocycles. The van der Waals surface area contributed by atoms with E-state index in [0.29, 0.717) is 11.5 Å². The summed E-state index contributed by atoms with van der Waals surface area (Å²) in [7, 11) is 6.76. The number of likely N-dealkylation sites (N-methyl/N-ethyl adjacent to an activating group) is 2. The predicted molar refractivity (Wildman–Crippen MR) is 217 cm³/mol. The number of thiazole rings is 1. The summed E-state index contributed by atoms with van der Waals surface area (Å²) in [5.41, 5.74) is 0.336. The first-order chi connectivity index (χ1) is 25.1. The number of benzene rings is 1. The summed E-state index contributed by atoms with van der Waals surface area (Å²) in [6.07, 6.45) is 4.16. The number of carbonyl (C=O) groups is 3. The Balaban J connectivity index is 1.78. The average Bonchev–Trinajstić information content (AvgIpc) is 3.87. The number of thiocarbonyl (C=S) groups is 1. The quantitative estimate of drug-likeness (QED) is 0.152. The SMILES string of the molecule is CCC(C)C(C(CC(=O)N1CCC[C@H]1C(OC)C(C)C(=S)NC(Cc1ccccc1)c1nccs1)OC)N(C)C(=O)C(NC(=O)C(C)(C)NC)C(C)C. The Morgan fingerprint density at radius 1 is 1.09 bits per heavy atom. The molecule has 53 heavy (non-hydrogen) atoms. The molecule has 1 fully saturated rings. The first kappa shape index (κ1) is 44.4. The molecule has 1 saturated heterocycles. The molecule has 11 nitrogen and oxygen atoms in total. The fourth-order valence-electron chi connectivity index (χ4n) is 7.23. The molecule has 2 heterocycles. The predicted octanol–water partition coefficient (Wildman–Crippen LogP) is 5.40. The Hall–Kier alpha value is -2.97. The summed E-state index contributed by atoms with van der Waals surface area (Å²) in [6, 6.07) is 8.87. The van der Waals surface area contributed by atoms with Gasteiger partial charge >= 0.3 is 0 Å². The molecule has 1 aromatic heterocycles. The Labute approximate surface area is 327 Å². The van der Waals surface area contributed by atoms with Crippen LogP contribution in [0.1, 0.15) is 90.8 Å². The molecule has 7 unspecified atom stereocenters. The third-order valence-electron chi connectivity index (χ3n) is 11.0. The second-order valence-electron chi connectivity index (χ2n) is 15.3. The zero-order valence-corrected chi connectivity index (χ0v) is 35.3. The molecule has 1 aliphatic rings. The van der Waals surface area contributed by atoms with Crippen molar-refractivity contribution in [2.24, 2.45) is 17.8 Å². The maximum atomic E-state index is 14.3. The van der Waals surface area contributed by atoms with Crippen molar-refractivity contribution in [2.75, 3.05) is 34.9 Å². The normalized spacial score (nSPS) is 18.8. The molecular formula is C40H64N6O5S2. The van der Waals surface area contributed by atoms with Crippen molar-refractivity contribution in [3.05, 3.63) is 52.5 Å². The maximum absolute atomic E-state index is 14.3.